The number of nitrogens with one attached hydrogen (secondary N) is 1. The molecule has 0 radical (unpaired) electrons. The van der Waals surface area contributed by atoms with Crippen LogP contribution in [0.15, 0.2) is 54.1 Å². The Morgan fingerprint density at radius 3 is 2.45 bits per heavy atom. The summed E-state index contributed by atoms with van der Waals surface area (Å²) in [7, 11) is 4.02. The van der Waals surface area contributed by atoms with E-state index in [0.29, 0.717) is 17.1 Å². The first-order chi connectivity index (χ1) is 15.9. The molecule has 1 fully saturated rings. The van der Waals surface area contributed by atoms with Crippen molar-refractivity contribution in [2.24, 2.45) is 0 Å². The summed E-state index contributed by atoms with van der Waals surface area (Å²) in [5.74, 6) is 0.821. The molecule has 6 nitrogen and oxygen atoms in total. The first-order valence-corrected chi connectivity index (χ1v) is 11.6. The molecule has 174 valence electrons. The number of carbonyl (C=O) groups is 2. The van der Waals surface area contributed by atoms with Crippen molar-refractivity contribution >= 4 is 17.4 Å². The molecule has 0 saturated heterocycles. The quantitative estimate of drug-likeness (QED) is 0.654. The van der Waals surface area contributed by atoms with Gasteiger partial charge in [-0.25, -0.2) is 0 Å². The normalized spacial score (nSPS) is 16.8. The molecular formula is C27H32N2O4. The number of ether oxygens (including phenoxy) is 2. The van der Waals surface area contributed by atoms with E-state index in [9.17, 15) is 9.59 Å². The van der Waals surface area contributed by atoms with Crippen molar-refractivity contribution in [3.8, 4) is 5.75 Å². The number of hydrogen-bond acceptors (Lipinski definition) is 5. The van der Waals surface area contributed by atoms with Crippen LogP contribution in [0.1, 0.15) is 55.3 Å². The molecule has 1 N–H and O–H groups in total. The molecule has 0 bridgehead atoms. The van der Waals surface area contributed by atoms with Crippen molar-refractivity contribution < 1.29 is 19.1 Å². The lowest BCUT2D eigenvalue weighted by atomic mass is 10.00. The summed E-state index contributed by atoms with van der Waals surface area (Å²) >= 11 is 0. The summed E-state index contributed by atoms with van der Waals surface area (Å²) in [5, 5.41) is 2.93. The molecule has 1 amide bonds. The Hall–Kier alpha value is -3.12. The zero-order valence-electron chi connectivity index (χ0n) is 19.6. The van der Waals surface area contributed by atoms with E-state index in [2.05, 4.69) is 10.2 Å². The predicted molar refractivity (Wildman–Crippen MR) is 128 cm³/mol. The molecule has 33 heavy (non-hydrogen) atoms. The predicted octanol–water partition coefficient (Wildman–Crippen LogP) is 4.26. The number of benzene rings is 2. The van der Waals surface area contributed by atoms with Gasteiger partial charge in [-0.05, 0) is 70.0 Å². The van der Waals surface area contributed by atoms with E-state index >= 15 is 0 Å². The van der Waals surface area contributed by atoms with Crippen molar-refractivity contribution in [2.45, 2.75) is 51.3 Å². The first-order valence-electron chi connectivity index (χ1n) is 11.6. The van der Waals surface area contributed by atoms with Crippen LogP contribution in [0, 0.1) is 0 Å². The Kier molecular flexibility index (Phi) is 7.14. The van der Waals surface area contributed by atoms with Gasteiger partial charge in [0.25, 0.3) is 5.91 Å². The number of para-hydroxylation sites is 1. The fraction of sp³-hybridized carbons (Fsp3) is 0.407. The van der Waals surface area contributed by atoms with Gasteiger partial charge < -0.3 is 19.7 Å². The van der Waals surface area contributed by atoms with Gasteiger partial charge in [0, 0.05) is 6.54 Å². The van der Waals surface area contributed by atoms with Gasteiger partial charge in [-0.15, -0.1) is 0 Å². The Bertz CT molecular complexity index is 1040. The Labute approximate surface area is 195 Å². The van der Waals surface area contributed by atoms with Crippen LogP contribution in [0.4, 0.5) is 0 Å². The molecule has 6 heteroatoms. The number of fused-ring (bicyclic) bond motifs is 1. The van der Waals surface area contributed by atoms with Crippen LogP contribution in [0.3, 0.4) is 0 Å². The Morgan fingerprint density at radius 1 is 1.09 bits per heavy atom. The highest BCUT2D eigenvalue weighted by molar-refractivity contribution is 6.03. The highest BCUT2D eigenvalue weighted by Gasteiger charge is 2.31. The van der Waals surface area contributed by atoms with Crippen molar-refractivity contribution in [1.82, 2.24) is 10.2 Å². The van der Waals surface area contributed by atoms with Crippen LogP contribution in [-0.4, -0.2) is 43.4 Å². The zero-order valence-corrected chi connectivity index (χ0v) is 19.6. The largest absolute Gasteiger partial charge is 0.489 e. The minimum absolute atomic E-state index is 0.0989. The lowest BCUT2D eigenvalue weighted by Crippen LogP contribution is -2.36. The van der Waals surface area contributed by atoms with Gasteiger partial charge in [-0.1, -0.05) is 36.4 Å². The summed E-state index contributed by atoms with van der Waals surface area (Å²) in [6.45, 7) is 2.41. The van der Waals surface area contributed by atoms with Crippen LogP contribution in [-0.2, 0) is 20.9 Å². The topological polar surface area (TPSA) is 67.9 Å². The van der Waals surface area contributed by atoms with E-state index in [-0.39, 0.29) is 24.4 Å². The third-order valence-corrected chi connectivity index (χ3v) is 6.13. The number of carbonyl (C=O) groups excluding carboxylic acids is 2. The fourth-order valence-electron chi connectivity index (χ4n) is 4.45. The molecule has 0 spiro atoms. The minimum atomic E-state index is -0.733. The van der Waals surface area contributed by atoms with E-state index in [1.165, 1.54) is 6.92 Å². The number of ketones is 1. The van der Waals surface area contributed by atoms with Gasteiger partial charge in [0.15, 0.2) is 5.78 Å². The van der Waals surface area contributed by atoms with Crippen LogP contribution in [0.5, 0.6) is 5.75 Å². The SMILES string of the molecule is CC(=O)C(NC(=O)C1=C(OC2CCCC2)c2ccccc2OC1)c1ccc(CN(C)C)cc1. The highest BCUT2D eigenvalue weighted by Crippen LogP contribution is 2.37. The maximum absolute atomic E-state index is 13.4. The summed E-state index contributed by atoms with van der Waals surface area (Å²) in [6.07, 6.45) is 4.33. The zero-order chi connectivity index (χ0) is 23.4. The van der Waals surface area contributed by atoms with E-state index in [1.807, 2.05) is 62.6 Å². The Morgan fingerprint density at radius 2 is 1.79 bits per heavy atom. The molecule has 1 atom stereocenters. The van der Waals surface area contributed by atoms with Gasteiger partial charge in [-0.2, -0.15) is 0 Å². The third-order valence-electron chi connectivity index (χ3n) is 6.13. The molecule has 1 aliphatic carbocycles. The van der Waals surface area contributed by atoms with Gasteiger partial charge in [-0.3, -0.25) is 9.59 Å². The number of hydrogen-bond donors (Lipinski definition) is 1. The average Bonchev–Trinajstić information content (AvgIpc) is 3.31. The van der Waals surface area contributed by atoms with Crippen LogP contribution >= 0.6 is 0 Å². The summed E-state index contributed by atoms with van der Waals surface area (Å²) in [5.41, 5.74) is 3.11. The maximum Gasteiger partial charge on any atom is 0.255 e. The number of amides is 1. The van der Waals surface area contributed by atoms with E-state index in [4.69, 9.17) is 9.47 Å². The summed E-state index contributed by atoms with van der Waals surface area (Å²) in [6, 6.07) is 14.7. The minimum Gasteiger partial charge on any atom is -0.489 e. The molecule has 2 aromatic carbocycles. The molecule has 2 aromatic rings. The van der Waals surface area contributed by atoms with Crippen molar-refractivity contribution in [3.05, 3.63) is 70.8 Å². The second-order valence-electron chi connectivity index (χ2n) is 9.11. The van der Waals surface area contributed by atoms with Crippen molar-refractivity contribution in [1.29, 1.82) is 0 Å². The molecule has 1 saturated carbocycles. The van der Waals surface area contributed by atoms with Gasteiger partial charge in [0.05, 0.1) is 17.2 Å². The average molecular weight is 449 g/mol. The van der Waals surface area contributed by atoms with Crippen LogP contribution in [0.25, 0.3) is 5.76 Å². The van der Waals surface area contributed by atoms with Gasteiger partial charge in [0.2, 0.25) is 0 Å². The molecule has 1 aliphatic heterocycles. The number of rotatable bonds is 8. The molecule has 1 unspecified atom stereocenters. The summed E-state index contributed by atoms with van der Waals surface area (Å²) < 4.78 is 12.2. The molecular weight excluding hydrogens is 416 g/mol. The number of nitrogens with zero attached hydrogens (tertiary/aromatic N) is 1. The van der Waals surface area contributed by atoms with E-state index in [1.54, 1.807) is 0 Å². The van der Waals surface area contributed by atoms with E-state index in [0.717, 1.165) is 48.9 Å². The van der Waals surface area contributed by atoms with Crippen molar-refractivity contribution in [3.63, 3.8) is 0 Å². The highest BCUT2D eigenvalue weighted by atomic mass is 16.5. The number of Topliss-reactive ketones (excluding diaryl/α,β-unsaturated/α-hetero) is 1. The van der Waals surface area contributed by atoms with Gasteiger partial charge >= 0.3 is 0 Å². The maximum atomic E-state index is 13.4. The monoisotopic (exact) mass is 448 g/mol. The third kappa shape index (κ3) is 5.45. The van der Waals surface area contributed by atoms with Crippen LogP contribution in [0.2, 0.25) is 0 Å². The smallest absolute Gasteiger partial charge is 0.255 e. The molecule has 2 aliphatic rings. The molecule has 0 aromatic heterocycles. The van der Waals surface area contributed by atoms with Crippen molar-refractivity contribution in [2.75, 3.05) is 20.7 Å². The van der Waals surface area contributed by atoms with Crippen LogP contribution < -0.4 is 10.1 Å². The first kappa shape index (κ1) is 23.1. The lowest BCUT2D eigenvalue weighted by molar-refractivity contribution is -0.125. The second kappa shape index (κ2) is 10.2. The molecule has 1 heterocycles. The fourth-order valence-corrected chi connectivity index (χ4v) is 4.45. The summed E-state index contributed by atoms with van der Waals surface area (Å²) in [4.78, 5) is 28.0. The lowest BCUT2D eigenvalue weighted by Gasteiger charge is -2.27. The standard InChI is InChI=1S/C27H32N2O4/c1-18(30)25(20-14-12-19(13-15-20)16-29(2)3)28-27(31)23-17-32-24-11-7-6-10-22(24)26(23)33-21-8-4-5-9-21/h6-7,10-15,21,25H,4-5,8-9,16-17H2,1-3H3,(H,28,31). The van der Waals surface area contributed by atoms with Gasteiger partial charge in [0.1, 0.15) is 24.2 Å². The Balaban J connectivity index is 1.60. The second-order valence-corrected chi connectivity index (χ2v) is 9.11. The molecule has 4 rings (SSSR count). The van der Waals surface area contributed by atoms with E-state index < -0.39 is 6.04 Å².